The first-order chi connectivity index (χ1) is 15.4. The summed E-state index contributed by atoms with van der Waals surface area (Å²) in [6.45, 7) is 2.43. The van der Waals surface area contributed by atoms with E-state index in [0.29, 0.717) is 24.3 Å². The molecule has 3 amide bonds. The van der Waals surface area contributed by atoms with Crippen molar-refractivity contribution in [2.45, 2.75) is 19.8 Å². The number of halogens is 1. The lowest BCUT2D eigenvalue weighted by atomic mass is 9.97. The van der Waals surface area contributed by atoms with Gasteiger partial charge in [-0.1, -0.05) is 18.2 Å². The molecule has 2 heterocycles. The minimum Gasteiger partial charge on any atom is -0.396 e. The van der Waals surface area contributed by atoms with Crippen molar-refractivity contribution in [3.63, 3.8) is 0 Å². The lowest BCUT2D eigenvalue weighted by Crippen LogP contribution is -2.40. The van der Waals surface area contributed by atoms with E-state index in [1.807, 2.05) is 4.90 Å². The molecule has 2 aromatic carbocycles. The normalized spacial score (nSPS) is 19.0. The molecular weight excluding hydrogens is 413 g/mol. The van der Waals surface area contributed by atoms with Crippen LogP contribution in [0.3, 0.4) is 0 Å². The monoisotopic (exact) mass is 437 g/mol. The summed E-state index contributed by atoms with van der Waals surface area (Å²) in [6.07, 6.45) is 1.63. The summed E-state index contributed by atoms with van der Waals surface area (Å²) in [5.41, 5.74) is 1.74. The van der Waals surface area contributed by atoms with Crippen molar-refractivity contribution < 1.29 is 23.9 Å². The van der Waals surface area contributed by atoms with Crippen LogP contribution < -0.4 is 10.2 Å². The van der Waals surface area contributed by atoms with Crippen LogP contribution in [0.2, 0.25) is 0 Å². The molecule has 0 aromatic heterocycles. The second-order valence-corrected chi connectivity index (χ2v) is 8.04. The van der Waals surface area contributed by atoms with Gasteiger partial charge in [-0.2, -0.15) is 0 Å². The van der Waals surface area contributed by atoms with Gasteiger partial charge >= 0.3 is 0 Å². The topological polar surface area (TPSA) is 90.0 Å². The number of carbonyl (C=O) groups excluding carboxylic acids is 3. The average Bonchev–Trinajstić information content (AvgIpc) is 3.04. The van der Waals surface area contributed by atoms with Crippen LogP contribution in [0.5, 0.6) is 0 Å². The zero-order valence-corrected chi connectivity index (χ0v) is 17.7. The fourth-order valence-corrected chi connectivity index (χ4v) is 4.26. The minimum atomic E-state index is -0.545. The highest BCUT2D eigenvalue weighted by Gasteiger charge is 2.43. The number of aliphatic hydroxyl groups is 1. The van der Waals surface area contributed by atoms with E-state index in [-0.39, 0.29) is 35.4 Å². The number of piperidine rings is 1. The summed E-state index contributed by atoms with van der Waals surface area (Å²) >= 11 is 0. The van der Waals surface area contributed by atoms with Gasteiger partial charge in [0, 0.05) is 32.3 Å². The van der Waals surface area contributed by atoms with E-state index in [4.69, 9.17) is 0 Å². The molecule has 1 fully saturated rings. The molecule has 166 valence electrons. The standard InChI is InChI=1S/C24H24FN3O4/c1-15(30)26-19-9-7-17(8-10-19)21-22(27-11-3-4-16(13-27)14-29)24(32)28(23(21)31)20-6-2-5-18(25)12-20/h2,5-10,12,16,29H,3-4,11,13-14H2,1H3,(H,26,30). The second-order valence-electron chi connectivity index (χ2n) is 8.04. The van der Waals surface area contributed by atoms with E-state index in [2.05, 4.69) is 5.32 Å². The molecule has 0 aliphatic carbocycles. The number of nitrogens with zero attached hydrogens (tertiary/aromatic N) is 2. The summed E-state index contributed by atoms with van der Waals surface area (Å²) in [6, 6.07) is 12.1. The van der Waals surface area contributed by atoms with Crippen LogP contribution >= 0.6 is 0 Å². The van der Waals surface area contributed by atoms with Gasteiger partial charge in [-0.25, -0.2) is 9.29 Å². The zero-order chi connectivity index (χ0) is 22.8. The van der Waals surface area contributed by atoms with E-state index < -0.39 is 17.6 Å². The maximum atomic E-state index is 13.9. The Morgan fingerprint density at radius 3 is 2.56 bits per heavy atom. The SMILES string of the molecule is CC(=O)Nc1ccc(C2=C(N3CCCC(CO)C3)C(=O)N(c3cccc(F)c3)C2=O)cc1. The quantitative estimate of drug-likeness (QED) is 0.702. The molecule has 1 unspecified atom stereocenters. The van der Waals surface area contributed by atoms with Crippen molar-refractivity contribution in [2.24, 2.45) is 5.92 Å². The number of nitrogens with one attached hydrogen (secondary N) is 1. The Balaban J connectivity index is 1.78. The summed E-state index contributed by atoms with van der Waals surface area (Å²) in [4.78, 5) is 41.1. The van der Waals surface area contributed by atoms with Gasteiger partial charge in [0.2, 0.25) is 5.91 Å². The number of likely N-dealkylation sites (tertiary alicyclic amines) is 1. The van der Waals surface area contributed by atoms with E-state index in [1.54, 1.807) is 24.3 Å². The van der Waals surface area contributed by atoms with Crippen molar-refractivity contribution in [3.8, 4) is 0 Å². The van der Waals surface area contributed by atoms with Gasteiger partial charge in [0.05, 0.1) is 11.3 Å². The first-order valence-corrected chi connectivity index (χ1v) is 10.5. The lowest BCUT2D eigenvalue weighted by molar-refractivity contribution is -0.121. The summed E-state index contributed by atoms with van der Waals surface area (Å²) in [7, 11) is 0. The highest BCUT2D eigenvalue weighted by Crippen LogP contribution is 2.36. The van der Waals surface area contributed by atoms with Crippen LogP contribution in [0.4, 0.5) is 15.8 Å². The third-order valence-corrected chi connectivity index (χ3v) is 5.71. The Labute approximate surface area is 185 Å². The van der Waals surface area contributed by atoms with Crippen LogP contribution in [-0.4, -0.2) is 47.4 Å². The van der Waals surface area contributed by atoms with Gasteiger partial charge in [0.25, 0.3) is 11.8 Å². The van der Waals surface area contributed by atoms with Gasteiger partial charge in [-0.05, 0) is 54.7 Å². The molecule has 32 heavy (non-hydrogen) atoms. The molecule has 0 bridgehead atoms. The Morgan fingerprint density at radius 2 is 1.91 bits per heavy atom. The summed E-state index contributed by atoms with van der Waals surface area (Å²) in [5, 5.41) is 12.3. The van der Waals surface area contributed by atoms with Crippen molar-refractivity contribution in [1.82, 2.24) is 4.90 Å². The van der Waals surface area contributed by atoms with E-state index in [1.165, 1.54) is 25.1 Å². The van der Waals surface area contributed by atoms with Crippen molar-refractivity contribution in [3.05, 3.63) is 65.6 Å². The molecule has 8 heteroatoms. The van der Waals surface area contributed by atoms with Crippen LogP contribution in [0.1, 0.15) is 25.3 Å². The van der Waals surface area contributed by atoms with E-state index in [9.17, 15) is 23.9 Å². The Morgan fingerprint density at radius 1 is 1.16 bits per heavy atom. The van der Waals surface area contributed by atoms with Gasteiger partial charge in [0.15, 0.2) is 0 Å². The molecule has 2 aliphatic heterocycles. The van der Waals surface area contributed by atoms with Crippen LogP contribution in [0.25, 0.3) is 5.57 Å². The van der Waals surface area contributed by atoms with Crippen LogP contribution in [0.15, 0.2) is 54.2 Å². The van der Waals surface area contributed by atoms with Gasteiger partial charge in [-0.15, -0.1) is 0 Å². The Kier molecular flexibility index (Phi) is 6.05. The van der Waals surface area contributed by atoms with Gasteiger partial charge < -0.3 is 15.3 Å². The second kappa shape index (κ2) is 8.92. The maximum Gasteiger partial charge on any atom is 0.282 e. The number of rotatable bonds is 5. The lowest BCUT2D eigenvalue weighted by Gasteiger charge is -2.34. The van der Waals surface area contributed by atoms with Crippen LogP contribution in [0, 0.1) is 11.7 Å². The van der Waals surface area contributed by atoms with E-state index in [0.717, 1.165) is 23.8 Å². The number of hydrogen-bond donors (Lipinski definition) is 2. The molecule has 1 atom stereocenters. The average molecular weight is 437 g/mol. The Bertz CT molecular complexity index is 1100. The maximum absolute atomic E-state index is 13.9. The van der Waals surface area contributed by atoms with Crippen molar-refractivity contribution >= 4 is 34.7 Å². The molecular formula is C24H24FN3O4. The number of imide groups is 1. The third-order valence-electron chi connectivity index (χ3n) is 5.71. The number of hydrogen-bond acceptors (Lipinski definition) is 5. The predicted octanol–water partition coefficient (Wildman–Crippen LogP) is 2.77. The molecule has 7 nitrogen and oxygen atoms in total. The number of anilines is 2. The number of benzene rings is 2. The zero-order valence-electron chi connectivity index (χ0n) is 17.7. The smallest absolute Gasteiger partial charge is 0.282 e. The van der Waals surface area contributed by atoms with Crippen molar-refractivity contribution in [1.29, 1.82) is 0 Å². The highest BCUT2D eigenvalue weighted by molar-refractivity contribution is 6.45. The number of aliphatic hydroxyl groups excluding tert-OH is 1. The van der Waals surface area contributed by atoms with Gasteiger partial charge in [0.1, 0.15) is 11.5 Å². The van der Waals surface area contributed by atoms with Crippen molar-refractivity contribution in [2.75, 3.05) is 29.9 Å². The fraction of sp³-hybridized carbons (Fsp3) is 0.292. The molecule has 0 spiro atoms. The molecule has 2 N–H and O–H groups in total. The molecule has 0 radical (unpaired) electrons. The Hall–Kier alpha value is -3.52. The molecule has 4 rings (SSSR count). The molecule has 1 saturated heterocycles. The van der Waals surface area contributed by atoms with Gasteiger partial charge in [-0.3, -0.25) is 14.4 Å². The largest absolute Gasteiger partial charge is 0.396 e. The number of carbonyl (C=O) groups is 3. The molecule has 0 saturated carbocycles. The minimum absolute atomic E-state index is 0.000272. The molecule has 2 aliphatic rings. The summed E-state index contributed by atoms with van der Waals surface area (Å²) in [5.74, 6) is -1.80. The van der Waals surface area contributed by atoms with E-state index >= 15 is 0 Å². The summed E-state index contributed by atoms with van der Waals surface area (Å²) < 4.78 is 13.9. The fourth-order valence-electron chi connectivity index (χ4n) is 4.26. The highest BCUT2D eigenvalue weighted by atomic mass is 19.1. The van der Waals surface area contributed by atoms with Crippen LogP contribution in [-0.2, 0) is 14.4 Å². The predicted molar refractivity (Wildman–Crippen MR) is 118 cm³/mol. The third kappa shape index (κ3) is 4.13. The first kappa shape index (κ1) is 21.7. The first-order valence-electron chi connectivity index (χ1n) is 10.5. The molecule has 2 aromatic rings. The number of amides is 3.